The molecule has 0 saturated carbocycles. The van der Waals surface area contributed by atoms with Crippen LogP contribution in [-0.2, 0) is 6.42 Å². The molecular formula is C27H27ClFN5O. The van der Waals surface area contributed by atoms with Crippen LogP contribution in [0.4, 0.5) is 10.1 Å². The molecule has 0 aliphatic carbocycles. The van der Waals surface area contributed by atoms with Crippen molar-refractivity contribution in [3.05, 3.63) is 70.8 Å². The number of anilines is 1. The van der Waals surface area contributed by atoms with Crippen molar-refractivity contribution in [1.82, 2.24) is 15.2 Å². The summed E-state index contributed by atoms with van der Waals surface area (Å²) in [6.45, 7) is 4.06. The van der Waals surface area contributed by atoms with E-state index in [2.05, 4.69) is 50.4 Å². The van der Waals surface area contributed by atoms with Crippen molar-refractivity contribution in [2.75, 3.05) is 25.1 Å². The largest absolute Gasteiger partial charge is 0.497 e. The van der Waals surface area contributed by atoms with E-state index < -0.39 is 5.82 Å². The number of pyridine rings is 1. The molecule has 0 spiro atoms. The molecule has 1 aliphatic heterocycles. The van der Waals surface area contributed by atoms with Crippen LogP contribution in [0.3, 0.4) is 0 Å². The van der Waals surface area contributed by atoms with Gasteiger partial charge in [-0.25, -0.2) is 9.37 Å². The highest BCUT2D eigenvalue weighted by Crippen LogP contribution is 2.36. The molecule has 0 bridgehead atoms. The highest BCUT2D eigenvalue weighted by molar-refractivity contribution is 5.98. The van der Waals surface area contributed by atoms with E-state index in [0.29, 0.717) is 28.2 Å². The van der Waals surface area contributed by atoms with Crippen LogP contribution in [-0.4, -0.2) is 35.4 Å². The van der Waals surface area contributed by atoms with Crippen LogP contribution in [0.25, 0.3) is 22.2 Å². The summed E-state index contributed by atoms with van der Waals surface area (Å²) < 4.78 is 19.8. The number of nitriles is 1. The molecule has 8 heteroatoms. The minimum atomic E-state index is -0.393. The molecule has 180 valence electrons. The van der Waals surface area contributed by atoms with Crippen molar-refractivity contribution < 1.29 is 9.13 Å². The van der Waals surface area contributed by atoms with Crippen molar-refractivity contribution in [2.24, 2.45) is 0 Å². The third kappa shape index (κ3) is 4.67. The number of ether oxygens (including phenoxy) is 1. The number of aromatic nitrogens is 3. The van der Waals surface area contributed by atoms with Crippen molar-refractivity contribution in [2.45, 2.75) is 32.6 Å². The first-order valence-corrected chi connectivity index (χ1v) is 11.5. The first-order valence-electron chi connectivity index (χ1n) is 11.5. The van der Waals surface area contributed by atoms with Gasteiger partial charge in [0.05, 0.1) is 23.8 Å². The van der Waals surface area contributed by atoms with Crippen molar-refractivity contribution >= 4 is 29.1 Å². The molecule has 3 heterocycles. The summed E-state index contributed by atoms with van der Waals surface area (Å²) in [5, 5.41) is 18.4. The van der Waals surface area contributed by atoms with Gasteiger partial charge in [0, 0.05) is 42.5 Å². The highest BCUT2D eigenvalue weighted by Gasteiger charge is 2.21. The first kappa shape index (κ1) is 24.5. The number of nitrogens with one attached hydrogen (secondary N) is 1. The Morgan fingerprint density at radius 3 is 2.51 bits per heavy atom. The number of aromatic amines is 1. The quantitative estimate of drug-likeness (QED) is 0.373. The minimum absolute atomic E-state index is 0. The maximum Gasteiger partial charge on any atom is 0.182 e. The van der Waals surface area contributed by atoms with E-state index in [-0.39, 0.29) is 18.8 Å². The van der Waals surface area contributed by atoms with E-state index in [1.165, 1.54) is 38.1 Å². The Labute approximate surface area is 210 Å². The summed E-state index contributed by atoms with van der Waals surface area (Å²) >= 11 is 0. The maximum atomic E-state index is 14.7. The van der Waals surface area contributed by atoms with Gasteiger partial charge in [-0.2, -0.15) is 10.4 Å². The van der Waals surface area contributed by atoms with Crippen LogP contribution in [0.1, 0.15) is 41.8 Å². The fourth-order valence-corrected chi connectivity index (χ4v) is 4.76. The average Bonchev–Trinajstić information content (AvgIpc) is 3.25. The number of piperidine rings is 1. The number of benzene rings is 2. The summed E-state index contributed by atoms with van der Waals surface area (Å²) in [5.74, 6) is 0.0540. The second-order valence-electron chi connectivity index (χ2n) is 8.70. The molecule has 5 rings (SSSR count). The zero-order chi connectivity index (χ0) is 23.7. The number of methoxy groups -OCH3 is 1. The predicted molar refractivity (Wildman–Crippen MR) is 138 cm³/mol. The molecule has 0 atom stereocenters. The monoisotopic (exact) mass is 491 g/mol. The van der Waals surface area contributed by atoms with Gasteiger partial charge in [-0.1, -0.05) is 18.2 Å². The Morgan fingerprint density at radius 1 is 1.11 bits per heavy atom. The SMILES string of the molecule is COc1ccc(Cc2nc3n[nH]c(C)c3c(-c3ccc(N4CCCCC4)cc3)c2C#N)c(F)c1.Cl. The molecule has 1 saturated heterocycles. The van der Waals surface area contributed by atoms with Crippen molar-refractivity contribution in [1.29, 1.82) is 5.26 Å². The Hall–Kier alpha value is -3.63. The van der Waals surface area contributed by atoms with Crippen LogP contribution in [0.15, 0.2) is 42.5 Å². The zero-order valence-corrected chi connectivity index (χ0v) is 20.6. The number of hydrogen-bond acceptors (Lipinski definition) is 5. The van der Waals surface area contributed by atoms with Crippen LogP contribution < -0.4 is 9.64 Å². The summed E-state index contributed by atoms with van der Waals surface area (Å²) in [4.78, 5) is 7.06. The molecule has 6 nitrogen and oxygen atoms in total. The zero-order valence-electron chi connectivity index (χ0n) is 19.8. The molecule has 0 unspecified atom stereocenters. The van der Waals surface area contributed by atoms with Gasteiger partial charge >= 0.3 is 0 Å². The molecule has 1 aliphatic rings. The Kier molecular flexibility index (Phi) is 7.23. The van der Waals surface area contributed by atoms with Crippen LogP contribution >= 0.6 is 12.4 Å². The molecular weight excluding hydrogens is 465 g/mol. The topological polar surface area (TPSA) is 77.8 Å². The summed E-state index contributed by atoms with van der Waals surface area (Å²) in [6.07, 6.45) is 3.89. The molecule has 0 radical (unpaired) electrons. The average molecular weight is 492 g/mol. The number of hydrogen-bond donors (Lipinski definition) is 1. The number of nitrogens with zero attached hydrogens (tertiary/aromatic N) is 4. The second kappa shape index (κ2) is 10.3. The summed E-state index contributed by atoms with van der Waals surface area (Å²) in [7, 11) is 1.50. The second-order valence-corrected chi connectivity index (χ2v) is 8.70. The molecule has 0 amide bonds. The van der Waals surface area contributed by atoms with E-state index >= 15 is 0 Å². The maximum absolute atomic E-state index is 14.7. The van der Waals surface area contributed by atoms with Gasteiger partial charge in [0.1, 0.15) is 17.6 Å². The van der Waals surface area contributed by atoms with Crippen LogP contribution in [0.5, 0.6) is 5.75 Å². The number of rotatable bonds is 5. The van der Waals surface area contributed by atoms with E-state index in [0.717, 1.165) is 35.3 Å². The fraction of sp³-hybridized carbons (Fsp3) is 0.296. The van der Waals surface area contributed by atoms with Crippen molar-refractivity contribution in [3.8, 4) is 22.9 Å². The first-order chi connectivity index (χ1) is 16.6. The highest BCUT2D eigenvalue weighted by atomic mass is 35.5. The van der Waals surface area contributed by atoms with Gasteiger partial charge in [0.25, 0.3) is 0 Å². The predicted octanol–water partition coefficient (Wildman–Crippen LogP) is 5.96. The number of aryl methyl sites for hydroxylation is 1. The normalized spacial score (nSPS) is 13.4. The van der Waals surface area contributed by atoms with Gasteiger partial charge in [0.15, 0.2) is 5.65 Å². The Morgan fingerprint density at radius 2 is 1.86 bits per heavy atom. The number of halogens is 2. The van der Waals surface area contributed by atoms with Gasteiger partial charge in [-0.05, 0) is 55.5 Å². The van der Waals surface area contributed by atoms with Gasteiger partial charge in [0.2, 0.25) is 0 Å². The lowest BCUT2D eigenvalue weighted by Crippen LogP contribution is -2.29. The molecule has 35 heavy (non-hydrogen) atoms. The summed E-state index contributed by atoms with van der Waals surface area (Å²) in [5.41, 5.74) is 5.66. The Bertz CT molecular complexity index is 1390. The molecule has 1 fully saturated rings. The van der Waals surface area contributed by atoms with E-state index in [1.54, 1.807) is 12.1 Å². The third-order valence-electron chi connectivity index (χ3n) is 6.56. The fourth-order valence-electron chi connectivity index (χ4n) is 4.76. The van der Waals surface area contributed by atoms with Crippen LogP contribution in [0.2, 0.25) is 0 Å². The minimum Gasteiger partial charge on any atom is -0.497 e. The molecule has 4 aromatic rings. The van der Waals surface area contributed by atoms with E-state index in [4.69, 9.17) is 4.74 Å². The lowest BCUT2D eigenvalue weighted by atomic mass is 9.93. The van der Waals surface area contributed by atoms with E-state index in [1.807, 2.05) is 6.92 Å². The number of H-pyrrole nitrogens is 1. The third-order valence-corrected chi connectivity index (χ3v) is 6.56. The molecule has 2 aromatic heterocycles. The van der Waals surface area contributed by atoms with Crippen molar-refractivity contribution in [3.63, 3.8) is 0 Å². The molecule has 1 N–H and O–H groups in total. The van der Waals surface area contributed by atoms with Crippen LogP contribution in [0, 0.1) is 24.1 Å². The standard InChI is InChI=1S/C27H26FN5O.ClH/c1-17-25-26(18-6-9-20(10-7-18)33-12-4-3-5-13-33)22(16-29)24(30-27(25)32-31-17)14-19-8-11-21(34-2)15-23(19)28;/h6-11,15H,3-5,12-14H2,1-2H3,(H,30,31,32);1H. The van der Waals surface area contributed by atoms with Gasteiger partial charge in [-0.15, -0.1) is 12.4 Å². The smallest absolute Gasteiger partial charge is 0.182 e. The lowest BCUT2D eigenvalue weighted by Gasteiger charge is -2.29. The molecule has 2 aromatic carbocycles. The van der Waals surface area contributed by atoms with Gasteiger partial charge in [-0.3, -0.25) is 5.10 Å². The van der Waals surface area contributed by atoms with E-state index in [9.17, 15) is 9.65 Å². The van der Waals surface area contributed by atoms with Gasteiger partial charge < -0.3 is 9.64 Å². The lowest BCUT2D eigenvalue weighted by molar-refractivity contribution is 0.411. The Balaban J connectivity index is 0.00000289. The summed E-state index contributed by atoms with van der Waals surface area (Å²) in [6, 6.07) is 15.4. The number of fused-ring (bicyclic) bond motifs is 1.